The second-order valence-corrected chi connectivity index (χ2v) is 7.92. The van der Waals surface area contributed by atoms with Gasteiger partial charge in [0.15, 0.2) is 0 Å². The smallest absolute Gasteiger partial charge is 0.136 e. The zero-order chi connectivity index (χ0) is 18.2. The maximum atomic E-state index is 6.03. The van der Waals surface area contributed by atoms with Gasteiger partial charge in [-0.3, -0.25) is 5.01 Å². The number of ether oxygens (including phenoxy) is 1. The molecule has 0 spiro atoms. The molecule has 0 N–H and O–H groups in total. The molecule has 2 aliphatic rings. The number of nitrogens with zero attached hydrogens (tertiary/aromatic N) is 5. The zero-order valence-electron chi connectivity index (χ0n) is 14.9. The van der Waals surface area contributed by atoms with Gasteiger partial charge in [0.2, 0.25) is 0 Å². The van der Waals surface area contributed by atoms with Gasteiger partial charge in [0.1, 0.15) is 17.9 Å². The second kappa shape index (κ2) is 6.96. The predicted octanol–water partition coefficient (Wildman–Crippen LogP) is 4.38. The topological polar surface area (TPSA) is 55.5 Å². The van der Waals surface area contributed by atoms with Crippen molar-refractivity contribution < 1.29 is 4.74 Å². The highest BCUT2D eigenvalue weighted by Gasteiger charge is 2.23. The molecule has 1 fully saturated rings. The number of anilines is 1. The van der Waals surface area contributed by atoms with E-state index in [1.807, 2.05) is 28.0 Å². The standard InChI is InChI=1S/C20H20BrN5O/c21-19-18(9-8-17-20(19)23-24-26(17)12-14-2-3-14)27-13-15-4-6-16(7-5-15)25-11-1-10-22-25/h4-10,14H,1-3,11-13H2. The van der Waals surface area contributed by atoms with Gasteiger partial charge in [-0.05, 0) is 64.5 Å². The lowest BCUT2D eigenvalue weighted by Gasteiger charge is -2.14. The summed E-state index contributed by atoms with van der Waals surface area (Å²) in [6.45, 7) is 2.41. The highest BCUT2D eigenvalue weighted by Crippen LogP contribution is 2.35. The molecule has 138 valence electrons. The monoisotopic (exact) mass is 425 g/mol. The summed E-state index contributed by atoms with van der Waals surface area (Å²) in [5.74, 6) is 1.55. The second-order valence-electron chi connectivity index (χ2n) is 7.13. The first-order chi connectivity index (χ1) is 13.3. The number of rotatable bonds is 6. The fraction of sp³-hybridized carbons (Fsp3) is 0.350. The Balaban J connectivity index is 1.29. The molecular weight excluding hydrogens is 406 g/mol. The third-order valence-corrected chi connectivity index (χ3v) is 5.80. The molecule has 0 saturated heterocycles. The Morgan fingerprint density at radius 3 is 2.70 bits per heavy atom. The molecule has 1 aromatic heterocycles. The summed E-state index contributed by atoms with van der Waals surface area (Å²) >= 11 is 3.64. The molecule has 0 bridgehead atoms. The average Bonchev–Trinajstić information content (AvgIpc) is 3.17. The molecule has 27 heavy (non-hydrogen) atoms. The summed E-state index contributed by atoms with van der Waals surface area (Å²) in [5, 5.41) is 15.0. The molecule has 0 radical (unpaired) electrons. The van der Waals surface area contributed by atoms with E-state index in [1.165, 1.54) is 12.8 Å². The molecule has 7 heteroatoms. The van der Waals surface area contributed by atoms with Gasteiger partial charge < -0.3 is 4.74 Å². The van der Waals surface area contributed by atoms with Crippen LogP contribution in [-0.4, -0.2) is 27.8 Å². The van der Waals surface area contributed by atoms with E-state index < -0.39 is 0 Å². The summed E-state index contributed by atoms with van der Waals surface area (Å²) in [5.41, 5.74) is 4.14. The van der Waals surface area contributed by atoms with Crippen LogP contribution in [-0.2, 0) is 13.2 Å². The van der Waals surface area contributed by atoms with E-state index in [0.29, 0.717) is 6.61 Å². The third-order valence-electron chi connectivity index (χ3n) is 5.04. The van der Waals surface area contributed by atoms with Gasteiger partial charge in [-0.2, -0.15) is 5.10 Å². The van der Waals surface area contributed by atoms with E-state index in [4.69, 9.17) is 4.74 Å². The number of hydrogen-bond acceptors (Lipinski definition) is 5. The Morgan fingerprint density at radius 2 is 1.96 bits per heavy atom. The van der Waals surface area contributed by atoms with Crippen molar-refractivity contribution in [1.82, 2.24) is 15.0 Å². The van der Waals surface area contributed by atoms with Crippen molar-refractivity contribution in [1.29, 1.82) is 0 Å². The van der Waals surface area contributed by atoms with E-state index in [9.17, 15) is 0 Å². The van der Waals surface area contributed by atoms with Crippen molar-refractivity contribution in [3.05, 3.63) is 46.4 Å². The van der Waals surface area contributed by atoms with E-state index in [1.54, 1.807) is 0 Å². The lowest BCUT2D eigenvalue weighted by molar-refractivity contribution is 0.304. The van der Waals surface area contributed by atoms with Crippen LogP contribution >= 0.6 is 15.9 Å². The lowest BCUT2D eigenvalue weighted by atomic mass is 10.2. The van der Waals surface area contributed by atoms with Gasteiger partial charge in [0, 0.05) is 25.7 Å². The first-order valence-electron chi connectivity index (χ1n) is 9.31. The summed E-state index contributed by atoms with van der Waals surface area (Å²) in [4.78, 5) is 0. The van der Waals surface area contributed by atoms with Crippen LogP contribution in [0.2, 0.25) is 0 Å². The summed E-state index contributed by atoms with van der Waals surface area (Å²) in [6, 6.07) is 12.4. The lowest BCUT2D eigenvalue weighted by Crippen LogP contribution is -2.11. The summed E-state index contributed by atoms with van der Waals surface area (Å²) < 4.78 is 8.90. The maximum absolute atomic E-state index is 6.03. The zero-order valence-corrected chi connectivity index (χ0v) is 16.5. The molecule has 1 aliphatic carbocycles. The molecule has 2 heterocycles. The van der Waals surface area contributed by atoms with Gasteiger partial charge in [0.05, 0.1) is 15.7 Å². The van der Waals surface area contributed by atoms with Gasteiger partial charge in [-0.15, -0.1) is 5.10 Å². The highest BCUT2D eigenvalue weighted by molar-refractivity contribution is 9.10. The Hall–Kier alpha value is -2.41. The van der Waals surface area contributed by atoms with Gasteiger partial charge in [-0.25, -0.2) is 4.68 Å². The molecule has 0 amide bonds. The molecule has 0 unspecified atom stereocenters. The van der Waals surface area contributed by atoms with Crippen LogP contribution in [0.4, 0.5) is 5.69 Å². The van der Waals surface area contributed by atoms with Crippen LogP contribution in [0.15, 0.2) is 46.0 Å². The van der Waals surface area contributed by atoms with E-state index in [2.05, 4.69) is 55.6 Å². The van der Waals surface area contributed by atoms with Crippen molar-refractivity contribution in [2.45, 2.75) is 32.4 Å². The molecular formula is C20H20BrN5O. The Kier molecular flexibility index (Phi) is 4.32. The Labute approximate surface area is 165 Å². The van der Waals surface area contributed by atoms with Crippen molar-refractivity contribution >= 4 is 38.9 Å². The van der Waals surface area contributed by atoms with Crippen LogP contribution < -0.4 is 9.75 Å². The van der Waals surface area contributed by atoms with Gasteiger partial charge in [-0.1, -0.05) is 17.3 Å². The Morgan fingerprint density at radius 1 is 1.11 bits per heavy atom. The molecule has 0 atom stereocenters. The molecule has 5 rings (SSSR count). The highest BCUT2D eigenvalue weighted by atomic mass is 79.9. The molecule has 2 aromatic carbocycles. The number of halogens is 1. The van der Waals surface area contributed by atoms with Gasteiger partial charge >= 0.3 is 0 Å². The minimum atomic E-state index is 0.504. The minimum Gasteiger partial charge on any atom is -0.488 e. The van der Waals surface area contributed by atoms with Gasteiger partial charge in [0.25, 0.3) is 0 Å². The maximum Gasteiger partial charge on any atom is 0.136 e. The number of fused-ring (bicyclic) bond motifs is 1. The summed E-state index contributed by atoms with van der Waals surface area (Å²) in [7, 11) is 0. The first-order valence-corrected chi connectivity index (χ1v) is 10.1. The predicted molar refractivity (Wildman–Crippen MR) is 109 cm³/mol. The molecule has 1 aliphatic heterocycles. The van der Waals surface area contributed by atoms with Crippen LogP contribution in [0.25, 0.3) is 11.0 Å². The SMILES string of the molecule is Brc1c(OCc2ccc(N3CCC=N3)cc2)ccc2c1nnn2CC1CC1. The number of hydrazone groups is 1. The fourth-order valence-electron chi connectivity index (χ4n) is 3.29. The largest absolute Gasteiger partial charge is 0.488 e. The first kappa shape index (κ1) is 16.7. The van der Waals surface area contributed by atoms with Crippen molar-refractivity contribution in [3.63, 3.8) is 0 Å². The third kappa shape index (κ3) is 3.43. The van der Waals surface area contributed by atoms with Crippen molar-refractivity contribution in [3.8, 4) is 5.75 Å². The van der Waals surface area contributed by atoms with Crippen molar-refractivity contribution in [2.75, 3.05) is 11.6 Å². The van der Waals surface area contributed by atoms with E-state index in [-0.39, 0.29) is 0 Å². The number of aromatic nitrogens is 3. The van der Waals surface area contributed by atoms with Crippen LogP contribution in [0.1, 0.15) is 24.8 Å². The quantitative estimate of drug-likeness (QED) is 0.587. The van der Waals surface area contributed by atoms with Crippen LogP contribution in [0, 0.1) is 5.92 Å². The normalized spacial score (nSPS) is 16.4. The number of benzene rings is 2. The van der Waals surface area contributed by atoms with Crippen LogP contribution in [0.5, 0.6) is 5.75 Å². The summed E-state index contributed by atoms with van der Waals surface area (Å²) in [6.07, 6.45) is 5.55. The molecule has 1 saturated carbocycles. The molecule has 6 nitrogen and oxygen atoms in total. The van der Waals surface area contributed by atoms with E-state index >= 15 is 0 Å². The van der Waals surface area contributed by atoms with E-state index in [0.717, 1.165) is 57.9 Å². The molecule has 3 aromatic rings. The average molecular weight is 426 g/mol. The van der Waals surface area contributed by atoms with Crippen molar-refractivity contribution in [2.24, 2.45) is 11.0 Å². The minimum absolute atomic E-state index is 0.504. The van der Waals surface area contributed by atoms with Crippen LogP contribution in [0.3, 0.4) is 0 Å². The fourth-order valence-corrected chi connectivity index (χ4v) is 3.82. The Bertz CT molecular complexity index is 994. The number of hydrogen-bond donors (Lipinski definition) is 0.